The number of carbonyl (C=O) groups is 2. The molecule has 0 aliphatic carbocycles. The van der Waals surface area contributed by atoms with Crippen LogP contribution in [-0.2, 0) is 4.74 Å². The number of esters is 1. The van der Waals surface area contributed by atoms with Crippen molar-refractivity contribution in [2.24, 2.45) is 0 Å². The summed E-state index contributed by atoms with van der Waals surface area (Å²) < 4.78 is 4.66. The Morgan fingerprint density at radius 2 is 1.68 bits per heavy atom. The Hall–Kier alpha value is -3.67. The minimum Gasteiger partial charge on any atom is -0.465 e. The van der Waals surface area contributed by atoms with Crippen LogP contribution in [0.2, 0.25) is 0 Å². The molecule has 0 radical (unpaired) electrons. The van der Waals surface area contributed by atoms with Crippen LogP contribution in [0.25, 0.3) is 0 Å². The number of amides is 1. The van der Waals surface area contributed by atoms with Crippen molar-refractivity contribution in [3.05, 3.63) is 83.2 Å². The number of ether oxygens (including phenoxy) is 1. The summed E-state index contributed by atoms with van der Waals surface area (Å²) in [4.78, 5) is 28.2. The van der Waals surface area contributed by atoms with Gasteiger partial charge in [0.25, 0.3) is 5.91 Å². The predicted molar refractivity (Wildman–Crippen MR) is 109 cm³/mol. The number of carbonyl (C=O) groups excluding carboxylic acids is 2. The number of anilines is 3. The van der Waals surface area contributed by atoms with E-state index < -0.39 is 5.97 Å². The molecule has 0 saturated heterocycles. The molecule has 1 heterocycles. The first-order valence-corrected chi connectivity index (χ1v) is 8.76. The summed E-state index contributed by atoms with van der Waals surface area (Å²) in [5, 5.41) is 6.10. The minimum absolute atomic E-state index is 0.289. The summed E-state index contributed by atoms with van der Waals surface area (Å²) >= 11 is 0. The quantitative estimate of drug-likeness (QED) is 0.643. The third-order valence-electron chi connectivity index (χ3n) is 4.45. The average molecular weight is 375 g/mol. The van der Waals surface area contributed by atoms with Gasteiger partial charge in [0.15, 0.2) is 0 Å². The van der Waals surface area contributed by atoms with Gasteiger partial charge in [-0.1, -0.05) is 12.1 Å². The maximum Gasteiger partial charge on any atom is 0.337 e. The van der Waals surface area contributed by atoms with Gasteiger partial charge in [-0.25, -0.2) is 4.79 Å². The second-order valence-electron chi connectivity index (χ2n) is 6.36. The van der Waals surface area contributed by atoms with E-state index in [1.165, 1.54) is 18.9 Å². The topological polar surface area (TPSA) is 80.3 Å². The fourth-order valence-corrected chi connectivity index (χ4v) is 2.69. The number of aryl methyl sites for hydroxylation is 1. The van der Waals surface area contributed by atoms with Crippen LogP contribution >= 0.6 is 0 Å². The highest BCUT2D eigenvalue weighted by atomic mass is 16.5. The summed E-state index contributed by atoms with van der Waals surface area (Å²) in [6.07, 6.45) is 3.18. The van der Waals surface area contributed by atoms with E-state index in [0.717, 1.165) is 16.9 Å². The Kier molecular flexibility index (Phi) is 5.69. The standard InChI is InChI=1S/C22H21N3O3/c1-14-5-4-6-20(15(14)2)24-19-11-17(12-23-13-19)21(26)25-18-9-7-16(8-10-18)22(27)28-3/h4-13,24H,1-3H3,(H,25,26). The molecule has 1 aromatic heterocycles. The van der Waals surface area contributed by atoms with Crippen LogP contribution in [0.5, 0.6) is 0 Å². The van der Waals surface area contributed by atoms with Crippen molar-refractivity contribution in [2.75, 3.05) is 17.7 Å². The molecular formula is C22H21N3O3. The zero-order valence-electron chi connectivity index (χ0n) is 15.9. The van der Waals surface area contributed by atoms with Crippen LogP contribution in [-0.4, -0.2) is 24.0 Å². The Morgan fingerprint density at radius 3 is 2.39 bits per heavy atom. The molecule has 2 aromatic carbocycles. The van der Waals surface area contributed by atoms with E-state index in [2.05, 4.69) is 20.4 Å². The summed E-state index contributed by atoms with van der Waals surface area (Å²) in [5.41, 5.74) is 5.44. The highest BCUT2D eigenvalue weighted by molar-refractivity contribution is 6.04. The molecule has 0 aliphatic heterocycles. The van der Waals surface area contributed by atoms with Crippen LogP contribution in [0.15, 0.2) is 60.9 Å². The fourth-order valence-electron chi connectivity index (χ4n) is 2.69. The van der Waals surface area contributed by atoms with E-state index >= 15 is 0 Å². The van der Waals surface area contributed by atoms with Crippen LogP contribution in [0.4, 0.5) is 17.1 Å². The molecule has 3 aromatic rings. The fraction of sp³-hybridized carbons (Fsp3) is 0.136. The number of hydrogen-bond donors (Lipinski definition) is 2. The molecule has 0 atom stereocenters. The Balaban J connectivity index is 1.73. The van der Waals surface area contributed by atoms with Crippen molar-refractivity contribution < 1.29 is 14.3 Å². The lowest BCUT2D eigenvalue weighted by atomic mass is 10.1. The largest absolute Gasteiger partial charge is 0.465 e. The van der Waals surface area contributed by atoms with Crippen LogP contribution in [0, 0.1) is 13.8 Å². The number of methoxy groups -OCH3 is 1. The van der Waals surface area contributed by atoms with E-state index in [4.69, 9.17) is 0 Å². The third-order valence-corrected chi connectivity index (χ3v) is 4.45. The molecular weight excluding hydrogens is 354 g/mol. The van der Waals surface area contributed by atoms with Gasteiger partial charge in [0.1, 0.15) is 0 Å². The molecule has 0 bridgehead atoms. The number of nitrogens with zero attached hydrogens (tertiary/aromatic N) is 1. The molecule has 0 saturated carbocycles. The molecule has 28 heavy (non-hydrogen) atoms. The van der Waals surface area contributed by atoms with Crippen LogP contribution in [0.3, 0.4) is 0 Å². The zero-order valence-corrected chi connectivity index (χ0v) is 15.9. The third kappa shape index (κ3) is 4.35. The first-order chi connectivity index (χ1) is 13.5. The molecule has 1 amide bonds. The van der Waals surface area contributed by atoms with E-state index in [9.17, 15) is 9.59 Å². The van der Waals surface area contributed by atoms with Crippen molar-refractivity contribution in [2.45, 2.75) is 13.8 Å². The van der Waals surface area contributed by atoms with Gasteiger partial charge in [-0.15, -0.1) is 0 Å². The van der Waals surface area contributed by atoms with Gasteiger partial charge in [-0.3, -0.25) is 9.78 Å². The van der Waals surface area contributed by atoms with Gasteiger partial charge in [0.05, 0.1) is 30.1 Å². The van der Waals surface area contributed by atoms with E-state index in [1.54, 1.807) is 36.5 Å². The first kappa shape index (κ1) is 19.1. The zero-order chi connectivity index (χ0) is 20.1. The number of pyridine rings is 1. The molecule has 0 unspecified atom stereocenters. The summed E-state index contributed by atoms with van der Waals surface area (Å²) in [5.74, 6) is -0.713. The normalized spacial score (nSPS) is 10.2. The van der Waals surface area contributed by atoms with Crippen molar-refractivity contribution in [3.63, 3.8) is 0 Å². The van der Waals surface area contributed by atoms with Gasteiger partial charge in [-0.2, -0.15) is 0 Å². The molecule has 0 fully saturated rings. The second-order valence-corrected chi connectivity index (χ2v) is 6.36. The van der Waals surface area contributed by atoms with Crippen LogP contribution in [0.1, 0.15) is 31.8 Å². The summed E-state index contributed by atoms with van der Waals surface area (Å²) in [6, 6.07) is 14.2. The Morgan fingerprint density at radius 1 is 0.929 bits per heavy atom. The van der Waals surface area contributed by atoms with Crippen molar-refractivity contribution >= 4 is 28.9 Å². The Bertz CT molecular complexity index is 1010. The number of hydrogen-bond acceptors (Lipinski definition) is 5. The van der Waals surface area contributed by atoms with Gasteiger partial charge in [-0.05, 0) is 61.4 Å². The lowest BCUT2D eigenvalue weighted by molar-refractivity contribution is 0.0600. The highest BCUT2D eigenvalue weighted by Gasteiger charge is 2.10. The molecule has 6 nitrogen and oxygen atoms in total. The summed E-state index contributed by atoms with van der Waals surface area (Å²) in [7, 11) is 1.32. The van der Waals surface area contributed by atoms with Gasteiger partial charge in [0, 0.05) is 17.6 Å². The Labute approximate surface area is 163 Å². The first-order valence-electron chi connectivity index (χ1n) is 8.76. The molecule has 0 aliphatic rings. The molecule has 142 valence electrons. The van der Waals surface area contributed by atoms with Crippen molar-refractivity contribution in [1.82, 2.24) is 4.98 Å². The SMILES string of the molecule is COC(=O)c1ccc(NC(=O)c2cncc(Nc3cccc(C)c3C)c2)cc1. The number of nitrogens with one attached hydrogen (secondary N) is 2. The predicted octanol–water partition coefficient (Wildman–Crippen LogP) is 4.48. The average Bonchev–Trinajstić information content (AvgIpc) is 2.71. The van der Waals surface area contributed by atoms with E-state index in [1.807, 2.05) is 32.0 Å². The lowest BCUT2D eigenvalue weighted by Crippen LogP contribution is -2.13. The minimum atomic E-state index is -0.424. The molecule has 2 N–H and O–H groups in total. The van der Waals surface area contributed by atoms with Crippen molar-refractivity contribution in [1.29, 1.82) is 0 Å². The number of rotatable bonds is 5. The number of aromatic nitrogens is 1. The van der Waals surface area contributed by atoms with Crippen LogP contribution < -0.4 is 10.6 Å². The lowest BCUT2D eigenvalue weighted by Gasteiger charge is -2.12. The summed E-state index contributed by atoms with van der Waals surface area (Å²) in [6.45, 7) is 4.09. The second kappa shape index (κ2) is 8.35. The van der Waals surface area contributed by atoms with Gasteiger partial charge in [0.2, 0.25) is 0 Å². The maximum absolute atomic E-state index is 12.5. The van der Waals surface area contributed by atoms with E-state index in [-0.39, 0.29) is 5.91 Å². The smallest absolute Gasteiger partial charge is 0.337 e. The molecule has 6 heteroatoms. The van der Waals surface area contributed by atoms with Crippen molar-refractivity contribution in [3.8, 4) is 0 Å². The van der Waals surface area contributed by atoms with Gasteiger partial charge < -0.3 is 15.4 Å². The monoisotopic (exact) mass is 375 g/mol. The van der Waals surface area contributed by atoms with Gasteiger partial charge >= 0.3 is 5.97 Å². The van der Waals surface area contributed by atoms with E-state index in [0.29, 0.717) is 16.8 Å². The maximum atomic E-state index is 12.5. The number of benzene rings is 2. The molecule has 0 spiro atoms. The molecule has 3 rings (SSSR count). The highest BCUT2D eigenvalue weighted by Crippen LogP contribution is 2.23.